The topological polar surface area (TPSA) is 29.3 Å². The van der Waals surface area contributed by atoms with Gasteiger partial charge in [-0.3, -0.25) is 0 Å². The molecule has 3 heteroatoms. The van der Waals surface area contributed by atoms with E-state index in [1.54, 1.807) is 0 Å². The molecule has 5 rings (SSSR count). The SMILES string of the molecule is Cc1cccc2c1N1[C@@H](C)c3oc4ncccc4c3C1(C)C(C)(C)C2(C)C. The molecule has 27 heavy (non-hydrogen) atoms. The summed E-state index contributed by atoms with van der Waals surface area (Å²) >= 11 is 0. The van der Waals surface area contributed by atoms with Crippen LogP contribution in [0.15, 0.2) is 40.9 Å². The van der Waals surface area contributed by atoms with Crippen molar-refractivity contribution >= 4 is 16.8 Å². The molecule has 0 amide bonds. The van der Waals surface area contributed by atoms with Crippen LogP contribution in [-0.2, 0) is 11.0 Å². The first-order valence-electron chi connectivity index (χ1n) is 9.91. The number of pyridine rings is 1. The Morgan fingerprint density at radius 1 is 1.04 bits per heavy atom. The Balaban J connectivity index is 1.95. The van der Waals surface area contributed by atoms with Crippen molar-refractivity contribution in [3.63, 3.8) is 0 Å². The number of fused-ring (bicyclic) bond motifs is 7. The lowest BCUT2D eigenvalue weighted by Gasteiger charge is -2.62. The summed E-state index contributed by atoms with van der Waals surface area (Å²) in [7, 11) is 0. The highest BCUT2D eigenvalue weighted by Crippen LogP contribution is 2.68. The molecule has 2 aromatic heterocycles. The highest BCUT2D eigenvalue weighted by atomic mass is 16.3. The third-order valence-corrected chi connectivity index (χ3v) is 8.16. The molecule has 2 aliphatic rings. The lowest BCUT2D eigenvalue weighted by atomic mass is 9.51. The van der Waals surface area contributed by atoms with E-state index in [2.05, 4.69) is 82.6 Å². The van der Waals surface area contributed by atoms with Gasteiger partial charge in [0.15, 0.2) is 0 Å². The summed E-state index contributed by atoms with van der Waals surface area (Å²) in [5, 5.41) is 1.16. The molecule has 0 spiro atoms. The van der Waals surface area contributed by atoms with Crippen molar-refractivity contribution < 1.29 is 4.42 Å². The summed E-state index contributed by atoms with van der Waals surface area (Å²) in [6.45, 7) is 16.6. The molecule has 2 atom stereocenters. The van der Waals surface area contributed by atoms with Crippen molar-refractivity contribution in [3.8, 4) is 0 Å². The lowest BCUT2D eigenvalue weighted by Crippen LogP contribution is -2.62. The molecule has 0 saturated heterocycles. The first kappa shape index (κ1) is 16.9. The smallest absolute Gasteiger partial charge is 0.226 e. The minimum Gasteiger partial charge on any atom is -0.440 e. The van der Waals surface area contributed by atoms with E-state index in [0.717, 1.165) is 16.9 Å². The van der Waals surface area contributed by atoms with Crippen LogP contribution in [0, 0.1) is 12.3 Å². The number of para-hydroxylation sites is 1. The van der Waals surface area contributed by atoms with Gasteiger partial charge in [0.1, 0.15) is 5.76 Å². The molecular formula is C24H28N2O. The molecule has 4 heterocycles. The number of hydrogen-bond donors (Lipinski definition) is 0. The second kappa shape index (κ2) is 4.76. The van der Waals surface area contributed by atoms with Crippen LogP contribution in [-0.4, -0.2) is 4.98 Å². The van der Waals surface area contributed by atoms with E-state index in [1.807, 2.05) is 12.3 Å². The molecule has 2 aliphatic heterocycles. The molecule has 0 bridgehead atoms. The van der Waals surface area contributed by atoms with Crippen molar-refractivity contribution in [1.29, 1.82) is 0 Å². The van der Waals surface area contributed by atoms with Crippen molar-refractivity contribution in [3.05, 3.63) is 59.0 Å². The maximum absolute atomic E-state index is 6.34. The van der Waals surface area contributed by atoms with Gasteiger partial charge >= 0.3 is 0 Å². The third-order valence-electron chi connectivity index (χ3n) is 8.16. The summed E-state index contributed by atoms with van der Waals surface area (Å²) in [6.07, 6.45) is 1.82. The Hall–Kier alpha value is -2.29. The van der Waals surface area contributed by atoms with Crippen LogP contribution in [0.25, 0.3) is 11.1 Å². The molecular weight excluding hydrogens is 332 g/mol. The summed E-state index contributed by atoms with van der Waals surface area (Å²) in [6, 6.07) is 11.1. The maximum Gasteiger partial charge on any atom is 0.226 e. The Kier molecular flexibility index (Phi) is 2.97. The lowest BCUT2D eigenvalue weighted by molar-refractivity contribution is 0.0660. The monoisotopic (exact) mass is 360 g/mol. The molecule has 1 aromatic carbocycles. The normalized spacial score (nSPS) is 27.4. The Morgan fingerprint density at radius 2 is 1.78 bits per heavy atom. The van der Waals surface area contributed by atoms with Crippen molar-refractivity contribution in [1.82, 2.24) is 4.98 Å². The van der Waals surface area contributed by atoms with Crippen LogP contribution in [0.3, 0.4) is 0 Å². The Labute approximate surface area is 161 Å². The van der Waals surface area contributed by atoms with E-state index in [-0.39, 0.29) is 22.4 Å². The van der Waals surface area contributed by atoms with E-state index < -0.39 is 0 Å². The molecule has 0 aliphatic carbocycles. The fraction of sp³-hybridized carbons (Fsp3) is 0.458. The van der Waals surface area contributed by atoms with Crippen LogP contribution < -0.4 is 4.90 Å². The molecule has 0 fully saturated rings. The molecule has 0 radical (unpaired) electrons. The number of aromatic nitrogens is 1. The van der Waals surface area contributed by atoms with E-state index >= 15 is 0 Å². The molecule has 0 saturated carbocycles. The van der Waals surface area contributed by atoms with E-state index in [0.29, 0.717) is 0 Å². The zero-order chi connectivity index (χ0) is 19.4. The summed E-state index contributed by atoms with van der Waals surface area (Å²) in [4.78, 5) is 7.14. The number of nitrogens with zero attached hydrogens (tertiary/aromatic N) is 2. The highest BCUT2D eigenvalue weighted by Gasteiger charge is 2.65. The van der Waals surface area contributed by atoms with Crippen molar-refractivity contribution in [2.24, 2.45) is 5.41 Å². The number of benzene rings is 1. The Morgan fingerprint density at radius 3 is 2.52 bits per heavy atom. The average Bonchev–Trinajstić information content (AvgIpc) is 3.10. The summed E-state index contributed by atoms with van der Waals surface area (Å²) in [5.41, 5.74) is 6.04. The number of aryl methyl sites for hydroxylation is 1. The predicted molar refractivity (Wildman–Crippen MR) is 110 cm³/mol. The van der Waals surface area contributed by atoms with Gasteiger partial charge in [-0.05, 0) is 49.4 Å². The summed E-state index contributed by atoms with van der Waals surface area (Å²) < 4.78 is 6.34. The van der Waals surface area contributed by atoms with Crippen LogP contribution in [0.1, 0.15) is 70.0 Å². The van der Waals surface area contributed by atoms with E-state index in [4.69, 9.17) is 4.42 Å². The molecule has 3 aromatic rings. The Bertz CT molecular complexity index is 1090. The second-order valence-corrected chi connectivity index (χ2v) is 9.54. The highest BCUT2D eigenvalue weighted by molar-refractivity contribution is 5.85. The quantitative estimate of drug-likeness (QED) is 0.474. The van der Waals surface area contributed by atoms with E-state index in [9.17, 15) is 0 Å². The molecule has 3 nitrogen and oxygen atoms in total. The van der Waals surface area contributed by atoms with Gasteiger partial charge in [0.05, 0.1) is 11.6 Å². The zero-order valence-electron chi connectivity index (χ0n) is 17.3. The standard InChI is InChI=1S/C24H28N2O/c1-14-10-8-12-17-19(14)26-15(2)20-18(16-11-9-13-25-21(16)27-20)24(26,7)23(5,6)22(17,3)4/h8-13,15H,1-7H3/t15-,24?/m0/s1. The fourth-order valence-electron chi connectivity index (χ4n) is 5.83. The zero-order valence-corrected chi connectivity index (χ0v) is 17.3. The van der Waals surface area contributed by atoms with Crippen LogP contribution in [0.5, 0.6) is 0 Å². The van der Waals surface area contributed by atoms with Crippen molar-refractivity contribution in [2.45, 2.75) is 65.5 Å². The van der Waals surface area contributed by atoms with Gasteiger partial charge in [0.2, 0.25) is 5.71 Å². The molecule has 0 N–H and O–H groups in total. The van der Waals surface area contributed by atoms with Gasteiger partial charge in [0, 0.05) is 28.2 Å². The minimum absolute atomic E-state index is 0.00668. The number of hydrogen-bond acceptors (Lipinski definition) is 3. The third kappa shape index (κ3) is 1.63. The maximum atomic E-state index is 6.34. The van der Waals surface area contributed by atoms with Gasteiger partial charge in [-0.1, -0.05) is 45.9 Å². The van der Waals surface area contributed by atoms with Gasteiger partial charge in [-0.25, -0.2) is 4.98 Å². The van der Waals surface area contributed by atoms with Crippen LogP contribution in [0.2, 0.25) is 0 Å². The van der Waals surface area contributed by atoms with Gasteiger partial charge < -0.3 is 9.32 Å². The minimum atomic E-state index is -0.182. The molecule has 140 valence electrons. The van der Waals surface area contributed by atoms with E-state index in [1.165, 1.54) is 22.4 Å². The number of furan rings is 1. The van der Waals surface area contributed by atoms with Gasteiger partial charge in [-0.15, -0.1) is 0 Å². The largest absolute Gasteiger partial charge is 0.440 e. The number of anilines is 1. The van der Waals surface area contributed by atoms with Crippen LogP contribution in [0.4, 0.5) is 5.69 Å². The first-order valence-corrected chi connectivity index (χ1v) is 9.91. The van der Waals surface area contributed by atoms with Gasteiger partial charge in [0.25, 0.3) is 0 Å². The van der Waals surface area contributed by atoms with Crippen LogP contribution >= 0.6 is 0 Å². The molecule has 1 unspecified atom stereocenters. The fourth-order valence-corrected chi connectivity index (χ4v) is 5.83. The number of rotatable bonds is 0. The first-order chi connectivity index (χ1) is 12.6. The summed E-state index contributed by atoms with van der Waals surface area (Å²) in [5.74, 6) is 1.08. The average molecular weight is 361 g/mol. The van der Waals surface area contributed by atoms with Crippen molar-refractivity contribution in [2.75, 3.05) is 4.90 Å². The predicted octanol–water partition coefficient (Wildman–Crippen LogP) is 6.25. The van der Waals surface area contributed by atoms with Gasteiger partial charge in [-0.2, -0.15) is 0 Å². The second-order valence-electron chi connectivity index (χ2n) is 9.54.